The summed E-state index contributed by atoms with van der Waals surface area (Å²) in [5.74, 6) is 0.471. The predicted molar refractivity (Wildman–Crippen MR) is 116 cm³/mol. The van der Waals surface area contributed by atoms with Crippen molar-refractivity contribution in [2.24, 2.45) is 0 Å². The maximum atomic E-state index is 12.5. The van der Waals surface area contributed by atoms with Gasteiger partial charge in [-0.15, -0.1) is 0 Å². The highest BCUT2D eigenvalue weighted by Gasteiger charge is 2.16. The molecule has 0 radical (unpaired) electrons. The van der Waals surface area contributed by atoms with Gasteiger partial charge in [-0.05, 0) is 61.7 Å². The number of carbonyl (C=O) groups is 2. The summed E-state index contributed by atoms with van der Waals surface area (Å²) in [5, 5.41) is 5.91. The van der Waals surface area contributed by atoms with E-state index in [1.807, 2.05) is 31.2 Å². The summed E-state index contributed by atoms with van der Waals surface area (Å²) in [6, 6.07) is 14.8. The molecule has 152 valence electrons. The molecule has 0 aromatic heterocycles. The molecule has 0 unspecified atom stereocenters. The first kappa shape index (κ1) is 20.6. The highest BCUT2D eigenvalue weighted by molar-refractivity contribution is 6.03. The van der Waals surface area contributed by atoms with Gasteiger partial charge in [-0.25, -0.2) is 0 Å². The molecule has 2 aromatic rings. The standard InChI is InChI=1S/C24H28N2O3/c1-2-29-22-14-11-18(12-15-22)13-16-23(27)25-21-10-6-7-19(17-21)24(28)26-20-8-4-3-5-9-20/h6-7,10-17,20H,2-5,8-9H2,1H3,(H,25,27)(H,26,28)/b16-13+. The monoisotopic (exact) mass is 392 g/mol. The van der Waals surface area contributed by atoms with Crippen molar-refractivity contribution in [3.05, 3.63) is 65.7 Å². The van der Waals surface area contributed by atoms with Crippen molar-refractivity contribution in [2.45, 2.75) is 45.1 Å². The minimum absolute atomic E-state index is 0.0853. The van der Waals surface area contributed by atoms with Gasteiger partial charge in [0.1, 0.15) is 5.75 Å². The molecule has 5 heteroatoms. The minimum Gasteiger partial charge on any atom is -0.494 e. The van der Waals surface area contributed by atoms with Gasteiger partial charge in [-0.3, -0.25) is 9.59 Å². The lowest BCUT2D eigenvalue weighted by atomic mass is 9.95. The molecule has 0 bridgehead atoms. The van der Waals surface area contributed by atoms with Gasteiger partial charge in [0.15, 0.2) is 0 Å². The summed E-state index contributed by atoms with van der Waals surface area (Å²) in [7, 11) is 0. The zero-order valence-corrected chi connectivity index (χ0v) is 16.8. The molecule has 1 aliphatic carbocycles. The number of nitrogens with one attached hydrogen (secondary N) is 2. The smallest absolute Gasteiger partial charge is 0.251 e. The van der Waals surface area contributed by atoms with Gasteiger partial charge in [0.2, 0.25) is 5.91 Å². The van der Waals surface area contributed by atoms with E-state index in [-0.39, 0.29) is 17.9 Å². The molecule has 1 aliphatic rings. The molecule has 29 heavy (non-hydrogen) atoms. The summed E-state index contributed by atoms with van der Waals surface area (Å²) in [6.45, 7) is 2.56. The number of hydrogen-bond acceptors (Lipinski definition) is 3. The molecular weight excluding hydrogens is 364 g/mol. The molecule has 2 amide bonds. The van der Waals surface area contributed by atoms with E-state index in [1.54, 1.807) is 30.3 Å². The lowest BCUT2D eigenvalue weighted by Gasteiger charge is -2.22. The van der Waals surface area contributed by atoms with Gasteiger partial charge < -0.3 is 15.4 Å². The van der Waals surface area contributed by atoms with Crippen LogP contribution >= 0.6 is 0 Å². The van der Waals surface area contributed by atoms with Crippen LogP contribution < -0.4 is 15.4 Å². The van der Waals surface area contributed by atoms with E-state index in [4.69, 9.17) is 4.74 Å². The zero-order valence-electron chi connectivity index (χ0n) is 16.8. The molecule has 0 spiro atoms. The summed E-state index contributed by atoms with van der Waals surface area (Å²) in [4.78, 5) is 24.7. The fourth-order valence-corrected chi connectivity index (χ4v) is 3.45. The molecule has 1 saturated carbocycles. The number of rotatable bonds is 7. The van der Waals surface area contributed by atoms with Gasteiger partial charge in [-0.1, -0.05) is 37.5 Å². The Morgan fingerprint density at radius 3 is 2.55 bits per heavy atom. The highest BCUT2D eigenvalue weighted by atomic mass is 16.5. The van der Waals surface area contributed by atoms with E-state index in [0.717, 1.165) is 24.2 Å². The average Bonchev–Trinajstić information content (AvgIpc) is 2.74. The number of anilines is 1. The topological polar surface area (TPSA) is 67.4 Å². The van der Waals surface area contributed by atoms with Crippen LogP contribution in [0.2, 0.25) is 0 Å². The molecule has 5 nitrogen and oxygen atoms in total. The van der Waals surface area contributed by atoms with E-state index in [9.17, 15) is 9.59 Å². The number of amides is 2. The summed E-state index contributed by atoms with van der Waals surface area (Å²) in [5.41, 5.74) is 2.07. The largest absolute Gasteiger partial charge is 0.494 e. The van der Waals surface area contributed by atoms with Crippen LogP contribution in [0.5, 0.6) is 5.75 Å². The maximum Gasteiger partial charge on any atom is 0.251 e. The van der Waals surface area contributed by atoms with Crippen LogP contribution in [0.4, 0.5) is 5.69 Å². The quantitative estimate of drug-likeness (QED) is 0.665. The van der Waals surface area contributed by atoms with Crippen LogP contribution in [-0.4, -0.2) is 24.5 Å². The third-order valence-electron chi connectivity index (χ3n) is 4.95. The number of carbonyl (C=O) groups excluding carboxylic acids is 2. The number of ether oxygens (including phenoxy) is 1. The summed E-state index contributed by atoms with van der Waals surface area (Å²) >= 11 is 0. The first-order valence-corrected chi connectivity index (χ1v) is 10.3. The van der Waals surface area contributed by atoms with Gasteiger partial charge >= 0.3 is 0 Å². The second kappa shape index (κ2) is 10.5. The molecule has 3 rings (SSSR count). The van der Waals surface area contributed by atoms with Gasteiger partial charge in [0.25, 0.3) is 5.91 Å². The average molecular weight is 392 g/mol. The van der Waals surface area contributed by atoms with Crippen molar-refractivity contribution < 1.29 is 14.3 Å². The van der Waals surface area contributed by atoms with E-state index < -0.39 is 0 Å². The van der Waals surface area contributed by atoms with Crippen molar-refractivity contribution in [1.82, 2.24) is 5.32 Å². The van der Waals surface area contributed by atoms with Crippen LogP contribution in [0.25, 0.3) is 6.08 Å². The second-order valence-electron chi connectivity index (χ2n) is 7.21. The van der Waals surface area contributed by atoms with E-state index in [1.165, 1.54) is 25.3 Å². The zero-order chi connectivity index (χ0) is 20.5. The second-order valence-corrected chi connectivity index (χ2v) is 7.21. The summed E-state index contributed by atoms with van der Waals surface area (Å²) < 4.78 is 5.41. The first-order valence-electron chi connectivity index (χ1n) is 10.3. The highest BCUT2D eigenvalue weighted by Crippen LogP contribution is 2.19. The molecular formula is C24H28N2O3. The third-order valence-corrected chi connectivity index (χ3v) is 4.95. The maximum absolute atomic E-state index is 12.5. The van der Waals surface area contributed by atoms with Crippen LogP contribution in [0.3, 0.4) is 0 Å². The predicted octanol–water partition coefficient (Wildman–Crippen LogP) is 4.80. The van der Waals surface area contributed by atoms with Crippen molar-refractivity contribution in [3.63, 3.8) is 0 Å². The Hall–Kier alpha value is -3.08. The Morgan fingerprint density at radius 1 is 1.07 bits per heavy atom. The molecule has 0 aliphatic heterocycles. The van der Waals surface area contributed by atoms with Crippen molar-refractivity contribution >= 4 is 23.6 Å². The van der Waals surface area contributed by atoms with Crippen molar-refractivity contribution in [1.29, 1.82) is 0 Å². The third kappa shape index (κ3) is 6.49. The van der Waals surface area contributed by atoms with Crippen molar-refractivity contribution in [2.75, 3.05) is 11.9 Å². The van der Waals surface area contributed by atoms with Gasteiger partial charge in [0.05, 0.1) is 6.61 Å². The lowest BCUT2D eigenvalue weighted by Crippen LogP contribution is -2.36. The molecule has 0 saturated heterocycles. The molecule has 2 N–H and O–H groups in total. The first-order chi connectivity index (χ1) is 14.1. The lowest BCUT2D eigenvalue weighted by molar-refractivity contribution is -0.111. The Kier molecular flexibility index (Phi) is 7.45. The summed E-state index contributed by atoms with van der Waals surface area (Å²) in [6.07, 6.45) is 8.88. The SMILES string of the molecule is CCOc1ccc(/C=C/C(=O)Nc2cccc(C(=O)NC3CCCCC3)c2)cc1. The van der Waals surface area contributed by atoms with E-state index in [2.05, 4.69) is 10.6 Å². The van der Waals surface area contributed by atoms with Crippen LogP contribution in [0, 0.1) is 0 Å². The van der Waals surface area contributed by atoms with Gasteiger partial charge in [-0.2, -0.15) is 0 Å². The Bertz CT molecular complexity index is 853. The molecule has 2 aromatic carbocycles. The fraction of sp³-hybridized carbons (Fsp3) is 0.333. The number of hydrogen-bond donors (Lipinski definition) is 2. The van der Waals surface area contributed by atoms with Crippen LogP contribution in [0.1, 0.15) is 54.9 Å². The molecule has 0 heterocycles. The molecule has 1 fully saturated rings. The number of benzene rings is 2. The normalized spacial score (nSPS) is 14.5. The Labute approximate surface area is 172 Å². The van der Waals surface area contributed by atoms with E-state index in [0.29, 0.717) is 17.9 Å². The molecule has 0 atom stereocenters. The van der Waals surface area contributed by atoms with Gasteiger partial charge in [0, 0.05) is 23.4 Å². The van der Waals surface area contributed by atoms with Crippen LogP contribution in [0.15, 0.2) is 54.6 Å². The van der Waals surface area contributed by atoms with Crippen molar-refractivity contribution in [3.8, 4) is 5.75 Å². The minimum atomic E-state index is -0.247. The van der Waals surface area contributed by atoms with Crippen LogP contribution in [-0.2, 0) is 4.79 Å². The Balaban J connectivity index is 1.56. The Morgan fingerprint density at radius 2 is 1.83 bits per heavy atom. The fourth-order valence-electron chi connectivity index (χ4n) is 3.45. The van der Waals surface area contributed by atoms with E-state index >= 15 is 0 Å².